The summed E-state index contributed by atoms with van der Waals surface area (Å²) in [5, 5.41) is 6.71. The lowest BCUT2D eigenvalue weighted by molar-refractivity contribution is -0.121. The first kappa shape index (κ1) is 21.5. The molecule has 0 aliphatic carbocycles. The van der Waals surface area contributed by atoms with Gasteiger partial charge in [-0.3, -0.25) is 4.79 Å². The molecule has 0 unspecified atom stereocenters. The second-order valence-electron chi connectivity index (χ2n) is 6.96. The molecule has 3 N–H and O–H groups in total. The Morgan fingerprint density at radius 3 is 2.91 bits per heavy atom. The highest BCUT2D eigenvalue weighted by Crippen LogP contribution is 2.28. The van der Waals surface area contributed by atoms with Gasteiger partial charge in [-0.15, -0.1) is 0 Å². The molecule has 1 atom stereocenters. The van der Waals surface area contributed by atoms with Crippen molar-refractivity contribution < 1.29 is 18.2 Å². The Bertz CT molecular complexity index is 1250. The Morgan fingerprint density at radius 2 is 2.09 bits per heavy atom. The van der Waals surface area contributed by atoms with E-state index in [4.69, 9.17) is 16.3 Å². The molecule has 0 spiro atoms. The van der Waals surface area contributed by atoms with E-state index in [1.807, 2.05) is 30.3 Å². The fourth-order valence-electron chi connectivity index (χ4n) is 3.04. The minimum Gasteiger partial charge on any atom is -0.492 e. The topological polar surface area (TPSA) is 105 Å². The number of aromatic amines is 1. The van der Waals surface area contributed by atoms with Crippen LogP contribution in [-0.2, 0) is 4.79 Å². The zero-order chi connectivity index (χ0) is 22.5. The Kier molecular flexibility index (Phi) is 6.46. The molecule has 32 heavy (non-hydrogen) atoms. The van der Waals surface area contributed by atoms with E-state index < -0.39 is 11.9 Å². The van der Waals surface area contributed by atoms with Gasteiger partial charge in [-0.1, -0.05) is 29.8 Å². The molecule has 1 aromatic carbocycles. The average Bonchev–Trinajstić information content (AvgIpc) is 3.21. The van der Waals surface area contributed by atoms with Crippen LogP contribution in [0, 0.1) is 5.82 Å². The van der Waals surface area contributed by atoms with Crippen LogP contribution < -0.4 is 15.4 Å². The molecule has 0 aliphatic heterocycles. The van der Waals surface area contributed by atoms with Gasteiger partial charge in [0.25, 0.3) is 0 Å². The Morgan fingerprint density at radius 1 is 1.28 bits per heavy atom. The van der Waals surface area contributed by atoms with Gasteiger partial charge in [0.1, 0.15) is 24.0 Å². The number of aromatic nitrogens is 4. The summed E-state index contributed by atoms with van der Waals surface area (Å²) in [5.74, 6) is -0.0750. The number of carbonyl (C=O) groups excluding carboxylic acids is 1. The van der Waals surface area contributed by atoms with E-state index in [-0.39, 0.29) is 21.8 Å². The van der Waals surface area contributed by atoms with Gasteiger partial charge >= 0.3 is 0 Å². The van der Waals surface area contributed by atoms with Crippen molar-refractivity contribution in [1.29, 1.82) is 0 Å². The van der Waals surface area contributed by atoms with Gasteiger partial charge < -0.3 is 20.4 Å². The molecule has 0 saturated heterocycles. The second kappa shape index (κ2) is 9.61. The predicted molar refractivity (Wildman–Crippen MR) is 126 cm³/mol. The van der Waals surface area contributed by atoms with E-state index in [9.17, 15) is 9.18 Å². The van der Waals surface area contributed by atoms with Crippen LogP contribution in [0.2, 0.25) is 5.02 Å². The number of para-hydroxylation sites is 1. The first-order valence-corrected chi connectivity index (χ1v) is 10.3. The number of hydrogen-bond acceptors (Lipinski definition) is 6. The van der Waals surface area contributed by atoms with Crippen molar-refractivity contribution in [2.24, 2.45) is 0 Å². The summed E-state index contributed by atoms with van der Waals surface area (Å²) >= 11 is 6.04. The van der Waals surface area contributed by atoms with Crippen LogP contribution in [0.5, 0.6) is 5.75 Å². The third-order valence-corrected chi connectivity index (χ3v) is 4.85. The Balaban J connectivity index is 0.00000204. The van der Waals surface area contributed by atoms with Crippen molar-refractivity contribution in [1.82, 2.24) is 25.3 Å². The Labute approximate surface area is 192 Å². The van der Waals surface area contributed by atoms with Crippen molar-refractivity contribution in [3.8, 4) is 17.1 Å². The molecular formula is C22H26ClFN6O2. The summed E-state index contributed by atoms with van der Waals surface area (Å²) in [6.07, 6.45) is 4.25. The second-order valence-corrected chi connectivity index (χ2v) is 7.40. The molecule has 4 rings (SSSR count). The van der Waals surface area contributed by atoms with E-state index >= 15 is 0 Å². The molecule has 4 aromatic rings. The lowest BCUT2D eigenvalue weighted by Crippen LogP contribution is -2.39. The summed E-state index contributed by atoms with van der Waals surface area (Å²) in [4.78, 5) is 27.9. The van der Waals surface area contributed by atoms with Crippen LogP contribution in [0.4, 0.5) is 10.2 Å². The highest BCUT2D eigenvalue weighted by Gasteiger charge is 2.18. The van der Waals surface area contributed by atoms with Crippen LogP contribution in [0.1, 0.15) is 11.2 Å². The minimum absolute atomic E-state index is 0. The normalized spacial score (nSPS) is 11.8. The molecule has 0 bridgehead atoms. The van der Waals surface area contributed by atoms with Crippen molar-refractivity contribution in [3.63, 3.8) is 0 Å². The van der Waals surface area contributed by atoms with Crippen LogP contribution in [0.15, 0.2) is 55.0 Å². The number of anilines is 1. The summed E-state index contributed by atoms with van der Waals surface area (Å²) in [5.41, 5.74) is 1.23. The van der Waals surface area contributed by atoms with E-state index in [1.165, 1.54) is 6.20 Å². The van der Waals surface area contributed by atoms with Gasteiger partial charge in [-0.05, 0) is 25.1 Å². The van der Waals surface area contributed by atoms with Gasteiger partial charge in [0, 0.05) is 27.6 Å². The maximum Gasteiger partial charge on any atom is 0.242 e. The molecule has 0 radical (unpaired) electrons. The van der Waals surface area contributed by atoms with Gasteiger partial charge in [0.15, 0.2) is 17.5 Å². The number of pyridine rings is 1. The maximum absolute atomic E-state index is 14.3. The highest BCUT2D eigenvalue weighted by atomic mass is 35.5. The number of amides is 1. The largest absolute Gasteiger partial charge is 0.492 e. The number of nitrogens with one attached hydrogen (secondary N) is 3. The van der Waals surface area contributed by atoms with Crippen LogP contribution >= 0.6 is 11.6 Å². The molecule has 3 heterocycles. The zero-order valence-corrected chi connectivity index (χ0v) is 17.9. The molecule has 1 amide bonds. The number of H-pyrrole nitrogens is 1. The number of carbonyl (C=O) groups is 1. The third kappa shape index (κ3) is 4.94. The fraction of sp³-hybridized carbons (Fsp3) is 0.182. The van der Waals surface area contributed by atoms with E-state index in [1.54, 1.807) is 19.2 Å². The number of nitrogens with zero attached hydrogens (tertiary/aromatic N) is 3. The fourth-order valence-corrected chi connectivity index (χ4v) is 3.20. The number of benzene rings is 1. The molecule has 0 saturated carbocycles. The SMILES string of the molecule is C[C@H](Nc1nc(-c2c[nH]c3ncc(Cl)cc23)ncc1F)C(=O)NCCOc1ccccc1.[HH].[HH].[HH]. The van der Waals surface area contributed by atoms with Crippen molar-refractivity contribution in [2.75, 3.05) is 18.5 Å². The molecule has 0 aliphatic rings. The van der Waals surface area contributed by atoms with Gasteiger partial charge in [0.2, 0.25) is 5.91 Å². The third-order valence-electron chi connectivity index (χ3n) is 4.64. The number of hydrogen-bond donors (Lipinski definition) is 3. The minimum atomic E-state index is -0.733. The lowest BCUT2D eigenvalue weighted by Gasteiger charge is -2.15. The lowest BCUT2D eigenvalue weighted by atomic mass is 10.2. The van der Waals surface area contributed by atoms with Gasteiger partial charge in [0.05, 0.1) is 17.8 Å². The summed E-state index contributed by atoms with van der Waals surface area (Å²) < 4.78 is 19.9. The number of rotatable bonds is 8. The Hall–Kier alpha value is -3.72. The van der Waals surface area contributed by atoms with Crippen LogP contribution in [0.3, 0.4) is 0 Å². The van der Waals surface area contributed by atoms with E-state index in [0.29, 0.717) is 34.8 Å². The standard InChI is InChI=1S/C22H20ClFN6O2.3H2/c1-13(22(31)25-7-8-32-15-5-3-2-4-6-15)29-21-18(24)12-28-20(30-21)17-11-27-19-16(17)9-14(23)10-26-19;;;/h2-6,9-13H,7-8H2,1H3,(H,25,31)(H,26,27)(H,28,29,30);3*1H/t13-;;;/m0.../s1. The van der Waals surface area contributed by atoms with Crippen molar-refractivity contribution >= 4 is 34.4 Å². The van der Waals surface area contributed by atoms with Crippen molar-refractivity contribution in [3.05, 3.63) is 65.8 Å². The molecule has 3 aromatic heterocycles. The molecule has 8 nitrogen and oxygen atoms in total. The summed E-state index contributed by atoms with van der Waals surface area (Å²) in [6, 6.07) is 10.3. The number of fused-ring (bicyclic) bond motifs is 1. The van der Waals surface area contributed by atoms with Crippen LogP contribution in [-0.4, -0.2) is 45.0 Å². The highest BCUT2D eigenvalue weighted by molar-refractivity contribution is 6.31. The number of ether oxygens (including phenoxy) is 1. The molecule has 170 valence electrons. The first-order valence-electron chi connectivity index (χ1n) is 9.89. The molecule has 0 fully saturated rings. The predicted octanol–water partition coefficient (Wildman–Crippen LogP) is 4.55. The average molecular weight is 461 g/mol. The maximum atomic E-state index is 14.3. The quantitative estimate of drug-likeness (QED) is 0.333. The smallest absolute Gasteiger partial charge is 0.242 e. The monoisotopic (exact) mass is 460 g/mol. The molecule has 10 heteroatoms. The summed E-state index contributed by atoms with van der Waals surface area (Å²) in [6.45, 7) is 2.23. The van der Waals surface area contributed by atoms with Gasteiger partial charge in [-0.2, -0.15) is 0 Å². The zero-order valence-electron chi connectivity index (χ0n) is 17.1. The number of halogens is 2. The van der Waals surface area contributed by atoms with Crippen LogP contribution in [0.25, 0.3) is 22.4 Å². The van der Waals surface area contributed by atoms with E-state index in [2.05, 4.69) is 30.6 Å². The van der Waals surface area contributed by atoms with Crippen molar-refractivity contribution in [2.45, 2.75) is 13.0 Å². The molecular weight excluding hydrogens is 435 g/mol. The first-order chi connectivity index (χ1) is 15.5. The van der Waals surface area contributed by atoms with E-state index in [0.717, 1.165) is 11.9 Å². The van der Waals surface area contributed by atoms with Gasteiger partial charge in [-0.25, -0.2) is 19.3 Å². The summed E-state index contributed by atoms with van der Waals surface area (Å²) in [7, 11) is 0.